The van der Waals surface area contributed by atoms with Crippen molar-refractivity contribution in [2.45, 2.75) is 45.7 Å². The van der Waals surface area contributed by atoms with Gasteiger partial charge in [0.1, 0.15) is 0 Å². The van der Waals surface area contributed by atoms with Crippen LogP contribution < -0.4 is 5.32 Å². The van der Waals surface area contributed by atoms with Crippen LogP contribution in [0.1, 0.15) is 51.3 Å². The largest absolute Gasteiger partial charge is 0.306 e. The Hall–Kier alpha value is -1.34. The molecule has 0 saturated carbocycles. The molecule has 0 aromatic heterocycles. The molecule has 1 unspecified atom stereocenters. The summed E-state index contributed by atoms with van der Waals surface area (Å²) in [6.45, 7) is 8.88. The van der Waals surface area contributed by atoms with E-state index in [-0.39, 0.29) is 5.54 Å². The molecule has 0 fully saturated rings. The normalized spacial score (nSPS) is 16.8. The predicted molar refractivity (Wildman–Crippen MR) is 79.5 cm³/mol. The molecule has 0 heterocycles. The Morgan fingerprint density at radius 2 is 1.89 bits per heavy atom. The summed E-state index contributed by atoms with van der Waals surface area (Å²) in [7, 11) is 0. The van der Waals surface area contributed by atoms with Crippen molar-refractivity contribution >= 4 is 5.57 Å². The Bertz CT molecular complexity index is 475. The molecule has 0 aliphatic heterocycles. The summed E-state index contributed by atoms with van der Waals surface area (Å²) in [6, 6.07) is 9.08. The highest BCUT2D eigenvalue weighted by atomic mass is 15.0. The molecule has 96 valence electrons. The van der Waals surface area contributed by atoms with Gasteiger partial charge in [0.25, 0.3) is 0 Å². The van der Waals surface area contributed by atoms with Gasteiger partial charge in [0.15, 0.2) is 0 Å². The highest BCUT2D eigenvalue weighted by Gasteiger charge is 2.18. The van der Waals surface area contributed by atoms with E-state index in [9.17, 15) is 0 Å². The van der Waals surface area contributed by atoms with E-state index in [0.717, 1.165) is 6.42 Å². The summed E-state index contributed by atoms with van der Waals surface area (Å²) in [5.74, 6) is 0. The molecule has 0 radical (unpaired) electrons. The quantitative estimate of drug-likeness (QED) is 0.822. The third-order valence-electron chi connectivity index (χ3n) is 3.19. The lowest BCUT2D eigenvalue weighted by molar-refractivity contribution is 0.378. The smallest absolute Gasteiger partial charge is 0.0302 e. The Morgan fingerprint density at radius 3 is 2.50 bits per heavy atom. The second-order valence-electron chi connectivity index (χ2n) is 6.03. The Kier molecular flexibility index (Phi) is 3.72. The molecule has 1 atom stereocenters. The molecule has 0 bridgehead atoms. The molecule has 0 spiro atoms. The first-order valence-electron chi connectivity index (χ1n) is 6.70. The van der Waals surface area contributed by atoms with Crippen molar-refractivity contribution in [3.05, 3.63) is 53.6 Å². The zero-order valence-corrected chi connectivity index (χ0v) is 11.8. The van der Waals surface area contributed by atoms with Crippen molar-refractivity contribution in [3.63, 3.8) is 0 Å². The first-order chi connectivity index (χ1) is 8.47. The third kappa shape index (κ3) is 3.11. The van der Waals surface area contributed by atoms with Gasteiger partial charge >= 0.3 is 0 Å². The van der Waals surface area contributed by atoms with Crippen LogP contribution >= 0.6 is 0 Å². The monoisotopic (exact) mass is 241 g/mol. The van der Waals surface area contributed by atoms with Crippen molar-refractivity contribution in [3.8, 4) is 0 Å². The summed E-state index contributed by atoms with van der Waals surface area (Å²) in [4.78, 5) is 0. The fourth-order valence-electron chi connectivity index (χ4n) is 2.54. The van der Waals surface area contributed by atoms with E-state index in [2.05, 4.69) is 75.5 Å². The molecule has 1 N–H and O–H groups in total. The maximum atomic E-state index is 3.65. The van der Waals surface area contributed by atoms with E-state index in [4.69, 9.17) is 0 Å². The summed E-state index contributed by atoms with van der Waals surface area (Å²) >= 11 is 0. The van der Waals surface area contributed by atoms with Gasteiger partial charge in [-0.3, -0.25) is 0 Å². The van der Waals surface area contributed by atoms with Gasteiger partial charge in [0, 0.05) is 11.6 Å². The van der Waals surface area contributed by atoms with Gasteiger partial charge in [-0.2, -0.15) is 0 Å². The molecule has 1 aromatic carbocycles. The standard InChI is InChI=1S/C17H23N/c1-13(18-17(2,3)4)15-11-7-8-12-16(15)14-9-5-6-10-14/h5-9,11-13,18H,10H2,1-4H3. The predicted octanol–water partition coefficient (Wildman–Crippen LogP) is 4.48. The van der Waals surface area contributed by atoms with Crippen molar-refractivity contribution in [2.24, 2.45) is 0 Å². The first-order valence-corrected chi connectivity index (χ1v) is 6.70. The van der Waals surface area contributed by atoms with Crippen molar-refractivity contribution < 1.29 is 0 Å². The van der Waals surface area contributed by atoms with Gasteiger partial charge in [-0.1, -0.05) is 42.5 Å². The lowest BCUT2D eigenvalue weighted by Crippen LogP contribution is -2.37. The number of benzene rings is 1. The molecule has 0 saturated heterocycles. The van der Waals surface area contributed by atoms with E-state index in [1.54, 1.807) is 0 Å². The van der Waals surface area contributed by atoms with Crippen LogP contribution in [0.25, 0.3) is 5.57 Å². The average Bonchev–Trinajstić information content (AvgIpc) is 2.80. The van der Waals surface area contributed by atoms with Crippen molar-refractivity contribution in [2.75, 3.05) is 0 Å². The minimum absolute atomic E-state index is 0.134. The second-order valence-corrected chi connectivity index (χ2v) is 6.03. The van der Waals surface area contributed by atoms with Crippen molar-refractivity contribution in [1.29, 1.82) is 0 Å². The average molecular weight is 241 g/mol. The molecule has 1 aromatic rings. The second kappa shape index (κ2) is 5.11. The SMILES string of the molecule is CC(NC(C)(C)C)c1ccccc1C1=CC=CC1. The van der Waals surface area contributed by atoms with Crippen LogP contribution in [0.5, 0.6) is 0 Å². The van der Waals surface area contributed by atoms with Gasteiger partial charge in [0.2, 0.25) is 0 Å². The number of nitrogens with one attached hydrogen (secondary N) is 1. The summed E-state index contributed by atoms with van der Waals surface area (Å²) < 4.78 is 0. The molecule has 2 rings (SSSR count). The maximum Gasteiger partial charge on any atom is 0.0302 e. The number of allylic oxidation sites excluding steroid dienone is 4. The van der Waals surface area contributed by atoms with E-state index in [1.807, 2.05) is 0 Å². The number of rotatable bonds is 3. The number of hydrogen-bond acceptors (Lipinski definition) is 1. The van der Waals surface area contributed by atoms with E-state index in [1.165, 1.54) is 16.7 Å². The van der Waals surface area contributed by atoms with Gasteiger partial charge in [-0.25, -0.2) is 0 Å². The number of hydrogen-bond donors (Lipinski definition) is 1. The van der Waals surface area contributed by atoms with Crippen LogP contribution in [0.2, 0.25) is 0 Å². The fourth-order valence-corrected chi connectivity index (χ4v) is 2.54. The molecule has 1 aliphatic carbocycles. The van der Waals surface area contributed by atoms with Gasteiger partial charge in [-0.15, -0.1) is 0 Å². The Balaban J connectivity index is 2.27. The first kappa shape index (κ1) is 13.1. The maximum absolute atomic E-state index is 3.65. The molecule has 18 heavy (non-hydrogen) atoms. The van der Waals surface area contributed by atoms with Gasteiger partial charge in [-0.05, 0) is 50.8 Å². The highest BCUT2D eigenvalue weighted by molar-refractivity contribution is 5.73. The van der Waals surface area contributed by atoms with Crippen molar-refractivity contribution in [1.82, 2.24) is 5.32 Å². The van der Waals surface area contributed by atoms with E-state index in [0.29, 0.717) is 6.04 Å². The zero-order chi connectivity index (χ0) is 13.2. The molecule has 1 aliphatic rings. The van der Waals surface area contributed by atoms with Crippen LogP contribution in [0.4, 0.5) is 0 Å². The van der Waals surface area contributed by atoms with Crippen LogP contribution in [0.3, 0.4) is 0 Å². The third-order valence-corrected chi connectivity index (χ3v) is 3.19. The van der Waals surface area contributed by atoms with Crippen LogP contribution in [0.15, 0.2) is 42.5 Å². The Labute approximate surface area is 111 Å². The van der Waals surface area contributed by atoms with Crippen LogP contribution in [-0.2, 0) is 0 Å². The molecular formula is C17H23N. The van der Waals surface area contributed by atoms with Crippen LogP contribution in [0, 0.1) is 0 Å². The highest BCUT2D eigenvalue weighted by Crippen LogP contribution is 2.30. The fraction of sp³-hybridized carbons (Fsp3) is 0.412. The van der Waals surface area contributed by atoms with Gasteiger partial charge < -0.3 is 5.32 Å². The zero-order valence-electron chi connectivity index (χ0n) is 11.8. The summed E-state index contributed by atoms with van der Waals surface area (Å²) in [6.07, 6.45) is 7.64. The lowest BCUT2D eigenvalue weighted by atomic mass is 9.93. The molecule has 0 amide bonds. The van der Waals surface area contributed by atoms with Gasteiger partial charge in [0.05, 0.1) is 0 Å². The Morgan fingerprint density at radius 1 is 1.17 bits per heavy atom. The topological polar surface area (TPSA) is 12.0 Å². The van der Waals surface area contributed by atoms with Crippen LogP contribution in [-0.4, -0.2) is 5.54 Å². The molecular weight excluding hydrogens is 218 g/mol. The molecule has 1 nitrogen and oxygen atoms in total. The minimum Gasteiger partial charge on any atom is -0.306 e. The lowest BCUT2D eigenvalue weighted by Gasteiger charge is -2.28. The molecule has 1 heteroatoms. The minimum atomic E-state index is 0.134. The van der Waals surface area contributed by atoms with E-state index >= 15 is 0 Å². The summed E-state index contributed by atoms with van der Waals surface area (Å²) in [5.41, 5.74) is 4.33. The van der Waals surface area contributed by atoms with E-state index < -0.39 is 0 Å². The summed E-state index contributed by atoms with van der Waals surface area (Å²) in [5, 5.41) is 3.65.